The van der Waals surface area contributed by atoms with Crippen molar-refractivity contribution in [2.24, 2.45) is 0 Å². The number of nitrogens with one attached hydrogen (secondary N) is 1. The Morgan fingerprint density at radius 1 is 1.57 bits per heavy atom. The molecule has 1 aromatic rings. The molecule has 2 nitrogen and oxygen atoms in total. The van der Waals surface area contributed by atoms with Gasteiger partial charge in [-0.25, -0.2) is 0 Å². The lowest BCUT2D eigenvalue weighted by Gasteiger charge is -2.20. The molecule has 0 saturated heterocycles. The van der Waals surface area contributed by atoms with Crippen molar-refractivity contribution < 1.29 is 0 Å². The van der Waals surface area contributed by atoms with E-state index in [0.717, 1.165) is 19.6 Å². The third-order valence-corrected chi connectivity index (χ3v) is 3.09. The summed E-state index contributed by atoms with van der Waals surface area (Å²) < 4.78 is 0. The molecule has 0 aromatic carbocycles. The molecular formula is C11H20N2S. The lowest BCUT2D eigenvalue weighted by atomic mass is 10.2. The maximum Gasteiger partial charge on any atom is 0.0216 e. The predicted molar refractivity (Wildman–Crippen MR) is 63.8 cm³/mol. The van der Waals surface area contributed by atoms with E-state index in [4.69, 9.17) is 0 Å². The summed E-state index contributed by atoms with van der Waals surface area (Å²) in [6.07, 6.45) is 0. The summed E-state index contributed by atoms with van der Waals surface area (Å²) in [7, 11) is 2.16. The Labute approximate surface area is 90.9 Å². The van der Waals surface area contributed by atoms with E-state index in [1.807, 2.05) is 0 Å². The minimum Gasteiger partial charge on any atom is -0.309 e. The molecule has 0 saturated carbocycles. The zero-order chi connectivity index (χ0) is 10.4. The average Bonchev–Trinajstić information content (AvgIpc) is 2.67. The zero-order valence-electron chi connectivity index (χ0n) is 9.29. The van der Waals surface area contributed by atoms with E-state index in [-0.39, 0.29) is 0 Å². The van der Waals surface area contributed by atoms with Crippen LogP contribution in [0.15, 0.2) is 16.8 Å². The first-order chi connectivity index (χ1) is 6.72. The molecule has 0 spiro atoms. The lowest BCUT2D eigenvalue weighted by molar-refractivity contribution is 0.309. The van der Waals surface area contributed by atoms with Gasteiger partial charge in [-0.3, -0.25) is 0 Å². The van der Waals surface area contributed by atoms with Crippen molar-refractivity contribution in [1.29, 1.82) is 0 Å². The summed E-state index contributed by atoms with van der Waals surface area (Å²) in [5.74, 6) is 0. The van der Waals surface area contributed by atoms with Gasteiger partial charge in [0.2, 0.25) is 0 Å². The first-order valence-corrected chi connectivity index (χ1v) is 6.09. The van der Waals surface area contributed by atoms with E-state index >= 15 is 0 Å². The van der Waals surface area contributed by atoms with Gasteiger partial charge < -0.3 is 10.2 Å². The van der Waals surface area contributed by atoms with Crippen molar-refractivity contribution in [3.05, 3.63) is 22.4 Å². The lowest BCUT2D eigenvalue weighted by Crippen LogP contribution is -2.36. The molecule has 3 heteroatoms. The molecule has 1 atom stereocenters. The van der Waals surface area contributed by atoms with Gasteiger partial charge in [0.05, 0.1) is 0 Å². The Kier molecular flexibility index (Phi) is 5.15. The quantitative estimate of drug-likeness (QED) is 0.777. The third kappa shape index (κ3) is 4.22. The molecule has 1 aromatic heterocycles. The van der Waals surface area contributed by atoms with Gasteiger partial charge in [0.1, 0.15) is 0 Å². The second kappa shape index (κ2) is 6.17. The van der Waals surface area contributed by atoms with E-state index in [1.165, 1.54) is 5.56 Å². The van der Waals surface area contributed by atoms with E-state index in [9.17, 15) is 0 Å². The van der Waals surface area contributed by atoms with Crippen LogP contribution in [0, 0.1) is 0 Å². The van der Waals surface area contributed by atoms with Crippen LogP contribution in [0.4, 0.5) is 0 Å². The van der Waals surface area contributed by atoms with E-state index in [0.29, 0.717) is 6.04 Å². The number of rotatable bonds is 6. The third-order valence-electron chi connectivity index (χ3n) is 2.36. The van der Waals surface area contributed by atoms with Crippen molar-refractivity contribution in [1.82, 2.24) is 10.2 Å². The monoisotopic (exact) mass is 212 g/mol. The number of hydrogen-bond donors (Lipinski definition) is 1. The number of thiophene rings is 1. The predicted octanol–water partition coefficient (Wildman–Crippen LogP) is 2.18. The number of likely N-dealkylation sites (N-methyl/N-ethyl adjacent to an activating group) is 1. The standard InChI is InChI=1S/C11H20N2S/c1-4-13(3)8-10(2)12-7-11-5-6-14-9-11/h5-6,9-10,12H,4,7-8H2,1-3H3. The average molecular weight is 212 g/mol. The molecule has 0 fully saturated rings. The molecule has 0 aliphatic carbocycles. The molecule has 14 heavy (non-hydrogen) atoms. The fraction of sp³-hybridized carbons (Fsp3) is 0.636. The Bertz CT molecular complexity index is 233. The minimum atomic E-state index is 0.555. The summed E-state index contributed by atoms with van der Waals surface area (Å²) in [6.45, 7) is 7.64. The highest BCUT2D eigenvalue weighted by molar-refractivity contribution is 7.07. The SMILES string of the molecule is CCN(C)CC(C)NCc1ccsc1. The van der Waals surface area contributed by atoms with Gasteiger partial charge in [-0.1, -0.05) is 6.92 Å². The van der Waals surface area contributed by atoms with E-state index < -0.39 is 0 Å². The van der Waals surface area contributed by atoms with Crippen molar-refractivity contribution in [3.8, 4) is 0 Å². The second-order valence-corrected chi connectivity index (χ2v) is 4.55. The fourth-order valence-electron chi connectivity index (χ4n) is 1.35. The Morgan fingerprint density at radius 3 is 2.93 bits per heavy atom. The smallest absolute Gasteiger partial charge is 0.0216 e. The Balaban J connectivity index is 2.18. The zero-order valence-corrected chi connectivity index (χ0v) is 10.1. The summed E-state index contributed by atoms with van der Waals surface area (Å²) in [6, 6.07) is 2.73. The van der Waals surface area contributed by atoms with E-state index in [2.05, 4.69) is 47.9 Å². The summed E-state index contributed by atoms with van der Waals surface area (Å²) in [5.41, 5.74) is 1.39. The summed E-state index contributed by atoms with van der Waals surface area (Å²) in [4.78, 5) is 2.32. The van der Waals surface area contributed by atoms with Gasteiger partial charge in [0, 0.05) is 19.1 Å². The van der Waals surface area contributed by atoms with Gasteiger partial charge in [-0.2, -0.15) is 11.3 Å². The fourth-order valence-corrected chi connectivity index (χ4v) is 2.02. The van der Waals surface area contributed by atoms with Crippen LogP contribution in [-0.4, -0.2) is 31.1 Å². The molecule has 80 valence electrons. The topological polar surface area (TPSA) is 15.3 Å². The molecule has 1 N–H and O–H groups in total. The van der Waals surface area contributed by atoms with Crippen LogP contribution in [0.3, 0.4) is 0 Å². The van der Waals surface area contributed by atoms with Crippen LogP contribution in [-0.2, 0) is 6.54 Å². The minimum absolute atomic E-state index is 0.555. The van der Waals surface area contributed by atoms with Crippen molar-refractivity contribution >= 4 is 11.3 Å². The van der Waals surface area contributed by atoms with Gasteiger partial charge in [-0.15, -0.1) is 0 Å². The maximum atomic E-state index is 3.52. The highest BCUT2D eigenvalue weighted by Gasteiger charge is 2.03. The van der Waals surface area contributed by atoms with Gasteiger partial charge in [-0.05, 0) is 42.9 Å². The van der Waals surface area contributed by atoms with Crippen LogP contribution in [0.25, 0.3) is 0 Å². The van der Waals surface area contributed by atoms with Crippen molar-refractivity contribution in [2.75, 3.05) is 20.1 Å². The first-order valence-electron chi connectivity index (χ1n) is 5.15. The molecule has 0 radical (unpaired) electrons. The van der Waals surface area contributed by atoms with Crippen LogP contribution in [0.5, 0.6) is 0 Å². The van der Waals surface area contributed by atoms with Crippen LogP contribution >= 0.6 is 11.3 Å². The normalized spacial score (nSPS) is 13.4. The Hall–Kier alpha value is -0.380. The maximum absolute atomic E-state index is 3.52. The van der Waals surface area contributed by atoms with E-state index in [1.54, 1.807) is 11.3 Å². The van der Waals surface area contributed by atoms with Crippen LogP contribution in [0.2, 0.25) is 0 Å². The van der Waals surface area contributed by atoms with Crippen LogP contribution in [0.1, 0.15) is 19.4 Å². The molecule has 0 aliphatic rings. The van der Waals surface area contributed by atoms with Crippen molar-refractivity contribution in [3.63, 3.8) is 0 Å². The molecule has 0 aliphatic heterocycles. The molecule has 0 bridgehead atoms. The molecule has 1 rings (SSSR count). The summed E-state index contributed by atoms with van der Waals surface area (Å²) in [5, 5.41) is 7.84. The molecule has 1 heterocycles. The highest BCUT2D eigenvalue weighted by Crippen LogP contribution is 2.05. The van der Waals surface area contributed by atoms with Crippen LogP contribution < -0.4 is 5.32 Å². The van der Waals surface area contributed by atoms with Gasteiger partial charge in [0.15, 0.2) is 0 Å². The summed E-state index contributed by atoms with van der Waals surface area (Å²) >= 11 is 1.76. The Morgan fingerprint density at radius 2 is 2.36 bits per heavy atom. The second-order valence-electron chi connectivity index (χ2n) is 3.77. The molecule has 1 unspecified atom stereocenters. The molecular weight excluding hydrogens is 192 g/mol. The van der Waals surface area contributed by atoms with Gasteiger partial charge >= 0.3 is 0 Å². The first kappa shape index (κ1) is 11.7. The number of nitrogens with zero attached hydrogens (tertiary/aromatic N) is 1. The number of hydrogen-bond acceptors (Lipinski definition) is 3. The highest BCUT2D eigenvalue weighted by atomic mass is 32.1. The largest absolute Gasteiger partial charge is 0.309 e. The van der Waals surface area contributed by atoms with Gasteiger partial charge in [0.25, 0.3) is 0 Å². The molecule has 0 amide bonds. The van der Waals surface area contributed by atoms with Crippen molar-refractivity contribution in [2.45, 2.75) is 26.4 Å².